The maximum absolute atomic E-state index is 10.2. The van der Waals surface area contributed by atoms with E-state index >= 15 is 0 Å². The molecule has 3 heterocycles. The molecule has 0 aliphatic carbocycles. The van der Waals surface area contributed by atoms with Crippen LogP contribution >= 0.6 is 0 Å². The number of aliphatic hydroxyl groups excluding tert-OH is 1. The van der Waals surface area contributed by atoms with E-state index in [0.29, 0.717) is 0 Å². The third-order valence-electron chi connectivity index (χ3n) is 3.92. The number of aromatic nitrogens is 3. The first-order valence-electron chi connectivity index (χ1n) is 7.02. The fraction of sp³-hybridized carbons (Fsp3) is 0.467. The van der Waals surface area contributed by atoms with Crippen LogP contribution in [0.15, 0.2) is 36.8 Å². The number of pyridine rings is 1. The van der Waals surface area contributed by atoms with Gasteiger partial charge in [0.1, 0.15) is 0 Å². The summed E-state index contributed by atoms with van der Waals surface area (Å²) in [7, 11) is 1.92. The number of hydrogen-bond acceptors (Lipinski definition) is 4. The summed E-state index contributed by atoms with van der Waals surface area (Å²) in [5.74, 6) is 0. The minimum atomic E-state index is -0.265. The Bertz CT molecular complexity index is 554. The molecule has 5 nitrogen and oxygen atoms in total. The highest BCUT2D eigenvalue weighted by atomic mass is 16.3. The summed E-state index contributed by atoms with van der Waals surface area (Å²) >= 11 is 0. The van der Waals surface area contributed by atoms with Crippen LogP contribution in [0.5, 0.6) is 0 Å². The molecule has 2 aromatic rings. The number of nitrogens with zero attached hydrogens (tertiary/aromatic N) is 4. The number of hydrogen-bond donors (Lipinski definition) is 1. The van der Waals surface area contributed by atoms with Crippen molar-refractivity contribution in [3.05, 3.63) is 48.0 Å². The molecule has 20 heavy (non-hydrogen) atoms. The van der Waals surface area contributed by atoms with Gasteiger partial charge in [0.25, 0.3) is 0 Å². The van der Waals surface area contributed by atoms with Gasteiger partial charge in [-0.3, -0.25) is 14.6 Å². The maximum Gasteiger partial charge on any atom is 0.0711 e. The molecule has 0 unspecified atom stereocenters. The van der Waals surface area contributed by atoms with E-state index in [-0.39, 0.29) is 12.1 Å². The van der Waals surface area contributed by atoms with E-state index in [1.165, 1.54) is 5.56 Å². The predicted octanol–water partition coefficient (Wildman–Crippen LogP) is 0.993. The molecule has 0 bridgehead atoms. The molecule has 1 fully saturated rings. The number of aryl methyl sites for hydroxylation is 1. The lowest BCUT2D eigenvalue weighted by molar-refractivity contribution is 0.112. The van der Waals surface area contributed by atoms with E-state index in [1.807, 2.05) is 43.8 Å². The lowest BCUT2D eigenvalue weighted by Crippen LogP contribution is -2.36. The molecule has 0 amide bonds. The van der Waals surface area contributed by atoms with Gasteiger partial charge in [-0.25, -0.2) is 0 Å². The molecule has 3 rings (SSSR count). The van der Waals surface area contributed by atoms with Crippen LogP contribution in [0.25, 0.3) is 0 Å². The van der Waals surface area contributed by atoms with Gasteiger partial charge in [0.2, 0.25) is 0 Å². The van der Waals surface area contributed by atoms with Crippen molar-refractivity contribution < 1.29 is 5.11 Å². The molecule has 1 aliphatic rings. The Labute approximate surface area is 118 Å². The molecule has 0 radical (unpaired) electrons. The van der Waals surface area contributed by atoms with E-state index in [4.69, 9.17) is 0 Å². The Kier molecular flexibility index (Phi) is 3.80. The highest BCUT2D eigenvalue weighted by Crippen LogP contribution is 2.23. The topological polar surface area (TPSA) is 54.2 Å². The summed E-state index contributed by atoms with van der Waals surface area (Å²) in [4.78, 5) is 6.69. The Balaban J connectivity index is 1.70. The van der Waals surface area contributed by atoms with Gasteiger partial charge in [-0.15, -0.1) is 0 Å². The van der Waals surface area contributed by atoms with Gasteiger partial charge in [0.15, 0.2) is 0 Å². The summed E-state index contributed by atoms with van der Waals surface area (Å²) in [6, 6.07) is 6.12. The molecule has 2 aromatic heterocycles. The average molecular weight is 272 g/mol. The first-order chi connectivity index (χ1) is 9.72. The van der Waals surface area contributed by atoms with Gasteiger partial charge < -0.3 is 5.11 Å². The van der Waals surface area contributed by atoms with Crippen molar-refractivity contribution in [2.45, 2.75) is 31.5 Å². The van der Waals surface area contributed by atoms with Crippen molar-refractivity contribution in [2.75, 3.05) is 6.54 Å². The van der Waals surface area contributed by atoms with Crippen LogP contribution in [-0.4, -0.2) is 43.5 Å². The van der Waals surface area contributed by atoms with Crippen molar-refractivity contribution in [1.82, 2.24) is 19.7 Å². The second-order valence-electron chi connectivity index (χ2n) is 5.44. The van der Waals surface area contributed by atoms with Crippen LogP contribution < -0.4 is 0 Å². The molecule has 5 heteroatoms. The highest BCUT2D eigenvalue weighted by Gasteiger charge is 2.33. The lowest BCUT2D eigenvalue weighted by Gasteiger charge is -2.25. The molecule has 106 valence electrons. The van der Waals surface area contributed by atoms with Crippen LogP contribution in [0.2, 0.25) is 0 Å². The minimum Gasteiger partial charge on any atom is -0.391 e. The zero-order valence-electron chi connectivity index (χ0n) is 11.7. The van der Waals surface area contributed by atoms with Crippen molar-refractivity contribution in [1.29, 1.82) is 0 Å². The first kappa shape index (κ1) is 13.3. The minimum absolute atomic E-state index is 0.154. The SMILES string of the molecule is Cn1cc(C[C@H]2[C@@H](O)CCN2Cc2ccccn2)cn1. The second kappa shape index (κ2) is 5.73. The van der Waals surface area contributed by atoms with Gasteiger partial charge in [0, 0.05) is 38.6 Å². The highest BCUT2D eigenvalue weighted by molar-refractivity contribution is 5.10. The van der Waals surface area contributed by atoms with E-state index in [2.05, 4.69) is 15.0 Å². The first-order valence-corrected chi connectivity index (χ1v) is 7.02. The van der Waals surface area contributed by atoms with E-state index in [1.54, 1.807) is 4.68 Å². The van der Waals surface area contributed by atoms with Gasteiger partial charge in [-0.2, -0.15) is 5.10 Å². The monoisotopic (exact) mass is 272 g/mol. The summed E-state index contributed by atoms with van der Waals surface area (Å²) in [6.45, 7) is 1.71. The second-order valence-corrected chi connectivity index (χ2v) is 5.44. The van der Waals surface area contributed by atoms with E-state index < -0.39 is 0 Å². The van der Waals surface area contributed by atoms with Crippen LogP contribution in [-0.2, 0) is 20.0 Å². The van der Waals surface area contributed by atoms with Gasteiger partial charge >= 0.3 is 0 Å². The van der Waals surface area contributed by atoms with Crippen molar-refractivity contribution in [3.8, 4) is 0 Å². The normalized spacial score (nSPS) is 23.3. The quantitative estimate of drug-likeness (QED) is 0.902. The van der Waals surface area contributed by atoms with Crippen LogP contribution in [0.4, 0.5) is 0 Å². The molecule has 0 aromatic carbocycles. The number of likely N-dealkylation sites (tertiary alicyclic amines) is 1. The number of rotatable bonds is 4. The molecular formula is C15H20N4O. The van der Waals surface area contributed by atoms with Crippen LogP contribution in [0.3, 0.4) is 0 Å². The molecule has 0 saturated carbocycles. The smallest absolute Gasteiger partial charge is 0.0711 e. The summed E-state index contributed by atoms with van der Waals surface area (Å²) in [6.07, 6.45) is 7.12. The number of aliphatic hydroxyl groups is 1. The maximum atomic E-state index is 10.2. The fourth-order valence-corrected chi connectivity index (χ4v) is 2.88. The molecular weight excluding hydrogens is 252 g/mol. The molecule has 1 aliphatic heterocycles. The molecule has 1 N–H and O–H groups in total. The molecule has 1 saturated heterocycles. The fourth-order valence-electron chi connectivity index (χ4n) is 2.88. The average Bonchev–Trinajstić information content (AvgIpc) is 3.01. The van der Waals surface area contributed by atoms with Crippen molar-refractivity contribution in [2.24, 2.45) is 7.05 Å². The van der Waals surface area contributed by atoms with E-state index in [9.17, 15) is 5.11 Å². The Morgan fingerprint density at radius 2 is 2.30 bits per heavy atom. The van der Waals surface area contributed by atoms with Crippen molar-refractivity contribution in [3.63, 3.8) is 0 Å². The van der Waals surface area contributed by atoms with Gasteiger partial charge in [-0.1, -0.05) is 6.07 Å². The molecule has 0 spiro atoms. The zero-order valence-corrected chi connectivity index (χ0v) is 11.7. The zero-order chi connectivity index (χ0) is 13.9. The lowest BCUT2D eigenvalue weighted by atomic mass is 10.0. The van der Waals surface area contributed by atoms with Gasteiger partial charge in [-0.05, 0) is 30.5 Å². The van der Waals surface area contributed by atoms with Crippen LogP contribution in [0, 0.1) is 0 Å². The third kappa shape index (κ3) is 2.89. The van der Waals surface area contributed by atoms with Gasteiger partial charge in [0.05, 0.1) is 18.0 Å². The standard InChI is InChI=1S/C15H20N4O/c1-18-10-12(9-17-18)8-14-15(20)5-7-19(14)11-13-4-2-3-6-16-13/h2-4,6,9-10,14-15,20H,5,7-8,11H2,1H3/t14-,15-/m0/s1. The Morgan fingerprint density at radius 1 is 1.40 bits per heavy atom. The third-order valence-corrected chi connectivity index (χ3v) is 3.92. The summed E-state index contributed by atoms with van der Waals surface area (Å²) in [5, 5.41) is 14.4. The Morgan fingerprint density at radius 3 is 3.00 bits per heavy atom. The van der Waals surface area contributed by atoms with Crippen LogP contribution in [0.1, 0.15) is 17.7 Å². The predicted molar refractivity (Wildman–Crippen MR) is 76.0 cm³/mol. The summed E-state index contributed by atoms with van der Waals surface area (Å²) in [5.41, 5.74) is 2.22. The van der Waals surface area contributed by atoms with E-state index in [0.717, 1.165) is 31.6 Å². The largest absolute Gasteiger partial charge is 0.391 e. The Hall–Kier alpha value is -1.72. The van der Waals surface area contributed by atoms with Crippen molar-refractivity contribution >= 4 is 0 Å². The molecule has 2 atom stereocenters. The summed E-state index contributed by atoms with van der Waals surface area (Å²) < 4.78 is 1.81.